The van der Waals surface area contributed by atoms with Gasteiger partial charge in [-0.05, 0) is 48.4 Å². The molecular weight excluding hydrogens is 480 g/mol. The smallest absolute Gasteiger partial charge is 0.264 e. The number of nitrogens with zero attached hydrogens (tertiary/aromatic N) is 1. The predicted octanol–water partition coefficient (Wildman–Crippen LogP) is 4.05. The van der Waals surface area contributed by atoms with Crippen molar-refractivity contribution in [2.45, 2.75) is 24.7 Å². The molecule has 9 heteroatoms. The van der Waals surface area contributed by atoms with Crippen LogP contribution in [0.5, 0.6) is 17.2 Å². The van der Waals surface area contributed by atoms with Crippen LogP contribution in [0, 0.1) is 0 Å². The number of amides is 1. The molecule has 1 N–H and O–H groups in total. The Balaban J connectivity index is 1.70. The third-order valence-electron chi connectivity index (χ3n) is 5.43. The van der Waals surface area contributed by atoms with Gasteiger partial charge in [0.2, 0.25) is 5.91 Å². The first kappa shape index (κ1) is 26.9. The second-order valence-electron chi connectivity index (χ2n) is 7.96. The minimum Gasteiger partial charge on any atom is -0.493 e. The van der Waals surface area contributed by atoms with Crippen molar-refractivity contribution in [3.8, 4) is 17.2 Å². The van der Waals surface area contributed by atoms with Gasteiger partial charge in [0.15, 0.2) is 11.5 Å². The Morgan fingerprint density at radius 3 is 2.25 bits per heavy atom. The summed E-state index contributed by atoms with van der Waals surface area (Å²) < 4.78 is 44.3. The van der Waals surface area contributed by atoms with Gasteiger partial charge >= 0.3 is 0 Å². The van der Waals surface area contributed by atoms with Crippen molar-refractivity contribution in [1.29, 1.82) is 0 Å². The molecule has 0 saturated carbocycles. The zero-order valence-corrected chi connectivity index (χ0v) is 21.6. The number of carbonyl (C=O) groups excluding carboxylic acids is 1. The van der Waals surface area contributed by atoms with Crippen LogP contribution in [-0.2, 0) is 21.2 Å². The average molecular weight is 513 g/mol. The van der Waals surface area contributed by atoms with E-state index in [-0.39, 0.29) is 23.7 Å². The Kier molecular flexibility index (Phi) is 9.58. The van der Waals surface area contributed by atoms with Gasteiger partial charge in [-0.3, -0.25) is 9.10 Å². The Bertz CT molecular complexity index is 1230. The van der Waals surface area contributed by atoms with Crippen molar-refractivity contribution < 1.29 is 27.4 Å². The van der Waals surface area contributed by atoms with E-state index in [9.17, 15) is 13.2 Å². The number of ether oxygens (including phenoxy) is 3. The summed E-state index contributed by atoms with van der Waals surface area (Å²) >= 11 is 0. The number of rotatable bonds is 13. The maximum atomic E-state index is 13.5. The molecule has 0 saturated heterocycles. The minimum absolute atomic E-state index is 0.0717. The van der Waals surface area contributed by atoms with Gasteiger partial charge in [0.05, 0.1) is 31.3 Å². The fourth-order valence-electron chi connectivity index (χ4n) is 3.60. The number of benzene rings is 3. The van der Waals surface area contributed by atoms with Gasteiger partial charge < -0.3 is 19.5 Å². The van der Waals surface area contributed by atoms with Gasteiger partial charge in [0.1, 0.15) is 18.9 Å². The number of nitrogens with one attached hydrogen (secondary N) is 1. The second kappa shape index (κ2) is 12.8. The summed E-state index contributed by atoms with van der Waals surface area (Å²) in [5.74, 6) is 1.04. The van der Waals surface area contributed by atoms with Crippen LogP contribution in [0.1, 0.15) is 18.9 Å². The largest absolute Gasteiger partial charge is 0.493 e. The molecule has 3 aromatic rings. The van der Waals surface area contributed by atoms with Gasteiger partial charge in [0.25, 0.3) is 10.0 Å². The zero-order chi connectivity index (χ0) is 26.0. The van der Waals surface area contributed by atoms with Crippen LogP contribution in [0.15, 0.2) is 77.7 Å². The number of aryl methyl sites for hydroxylation is 1. The van der Waals surface area contributed by atoms with Crippen molar-refractivity contribution in [2.24, 2.45) is 0 Å². The predicted molar refractivity (Wildman–Crippen MR) is 139 cm³/mol. The van der Waals surface area contributed by atoms with Crippen molar-refractivity contribution in [1.82, 2.24) is 5.32 Å². The van der Waals surface area contributed by atoms with E-state index < -0.39 is 22.5 Å². The monoisotopic (exact) mass is 512 g/mol. The van der Waals surface area contributed by atoms with Crippen molar-refractivity contribution in [3.05, 3.63) is 78.4 Å². The average Bonchev–Trinajstić information content (AvgIpc) is 2.91. The molecule has 3 aromatic carbocycles. The molecule has 36 heavy (non-hydrogen) atoms. The molecule has 0 atom stereocenters. The summed E-state index contributed by atoms with van der Waals surface area (Å²) in [4.78, 5) is 12.9. The molecule has 0 spiro atoms. The van der Waals surface area contributed by atoms with E-state index in [1.54, 1.807) is 30.3 Å². The number of carbonyl (C=O) groups is 1. The molecule has 1 amide bonds. The lowest BCUT2D eigenvalue weighted by Gasteiger charge is -2.25. The fourth-order valence-corrected chi connectivity index (χ4v) is 5.04. The van der Waals surface area contributed by atoms with Crippen molar-refractivity contribution in [3.63, 3.8) is 0 Å². The number of anilines is 1. The van der Waals surface area contributed by atoms with E-state index in [1.807, 2.05) is 24.3 Å². The zero-order valence-electron chi connectivity index (χ0n) is 20.8. The van der Waals surface area contributed by atoms with E-state index >= 15 is 0 Å². The highest BCUT2D eigenvalue weighted by atomic mass is 32.2. The summed E-state index contributed by atoms with van der Waals surface area (Å²) in [5.41, 5.74) is 1.52. The van der Waals surface area contributed by atoms with Crippen LogP contribution in [0.3, 0.4) is 0 Å². The number of hydrogen-bond donors (Lipinski definition) is 1. The fraction of sp³-hybridized carbons (Fsp3) is 0.296. The topological polar surface area (TPSA) is 94.2 Å². The van der Waals surface area contributed by atoms with Crippen molar-refractivity contribution in [2.75, 3.05) is 38.2 Å². The van der Waals surface area contributed by atoms with E-state index in [1.165, 1.54) is 38.0 Å². The van der Waals surface area contributed by atoms with Gasteiger partial charge in [-0.2, -0.15) is 0 Å². The molecule has 0 aliphatic rings. The molecule has 0 fully saturated rings. The molecule has 192 valence electrons. The van der Waals surface area contributed by atoms with E-state index in [4.69, 9.17) is 14.2 Å². The quantitative estimate of drug-likeness (QED) is 0.347. The van der Waals surface area contributed by atoms with Crippen LogP contribution in [0.4, 0.5) is 5.69 Å². The summed E-state index contributed by atoms with van der Waals surface area (Å²) in [5, 5.41) is 2.73. The molecule has 8 nitrogen and oxygen atoms in total. The first-order valence-electron chi connectivity index (χ1n) is 11.7. The van der Waals surface area contributed by atoms with E-state index in [2.05, 4.69) is 12.2 Å². The molecule has 0 aliphatic heterocycles. The van der Waals surface area contributed by atoms with Crippen LogP contribution in [0.2, 0.25) is 0 Å². The SMILES string of the molecule is CCCc1ccc(OCCNC(=O)CN(c2ccc(OC)c(OC)c2)S(=O)(=O)c2ccccc2)cc1. The minimum atomic E-state index is -4.03. The van der Waals surface area contributed by atoms with Gasteiger partial charge in [-0.25, -0.2) is 8.42 Å². The van der Waals surface area contributed by atoms with Crippen LogP contribution < -0.4 is 23.8 Å². The second-order valence-corrected chi connectivity index (χ2v) is 9.82. The van der Waals surface area contributed by atoms with Crippen LogP contribution in [0.25, 0.3) is 0 Å². The van der Waals surface area contributed by atoms with Gasteiger partial charge in [0, 0.05) is 6.07 Å². The third-order valence-corrected chi connectivity index (χ3v) is 7.22. The normalized spacial score (nSPS) is 11.0. The highest BCUT2D eigenvalue weighted by Crippen LogP contribution is 2.33. The molecule has 0 unspecified atom stereocenters. The van der Waals surface area contributed by atoms with Crippen LogP contribution in [-0.4, -0.2) is 48.2 Å². The molecule has 3 rings (SSSR count). The molecule has 0 heterocycles. The summed E-state index contributed by atoms with van der Waals surface area (Å²) in [7, 11) is -1.08. The van der Waals surface area contributed by atoms with E-state index in [0.29, 0.717) is 17.2 Å². The number of sulfonamides is 1. The lowest BCUT2D eigenvalue weighted by atomic mass is 10.1. The first-order chi connectivity index (χ1) is 17.4. The highest BCUT2D eigenvalue weighted by molar-refractivity contribution is 7.92. The van der Waals surface area contributed by atoms with Gasteiger partial charge in [-0.15, -0.1) is 0 Å². The summed E-state index contributed by atoms with van der Waals surface area (Å²) in [6.45, 7) is 2.18. The van der Waals surface area contributed by atoms with Gasteiger partial charge in [-0.1, -0.05) is 43.7 Å². The Morgan fingerprint density at radius 2 is 1.61 bits per heavy atom. The highest BCUT2D eigenvalue weighted by Gasteiger charge is 2.28. The molecule has 0 aliphatic carbocycles. The summed E-state index contributed by atoms with van der Waals surface area (Å²) in [6, 6.07) is 20.5. The lowest BCUT2D eigenvalue weighted by molar-refractivity contribution is -0.119. The standard InChI is InChI=1S/C27H32N2O6S/c1-4-8-21-11-14-23(15-12-21)35-18-17-28-27(30)20-29(36(31,32)24-9-6-5-7-10-24)22-13-16-25(33-2)26(19-22)34-3/h5-7,9-16,19H,4,8,17-18,20H2,1-3H3,(H,28,30). The Hall–Kier alpha value is -3.72. The lowest BCUT2D eigenvalue weighted by Crippen LogP contribution is -2.41. The molecule has 0 bridgehead atoms. The van der Waals surface area contributed by atoms with E-state index in [0.717, 1.165) is 17.1 Å². The number of hydrogen-bond acceptors (Lipinski definition) is 6. The van der Waals surface area contributed by atoms with Crippen LogP contribution >= 0.6 is 0 Å². The Morgan fingerprint density at radius 1 is 0.917 bits per heavy atom. The number of methoxy groups -OCH3 is 2. The molecule has 0 radical (unpaired) electrons. The maximum Gasteiger partial charge on any atom is 0.264 e. The first-order valence-corrected chi connectivity index (χ1v) is 13.1. The maximum absolute atomic E-state index is 13.5. The molecule has 0 aromatic heterocycles. The summed E-state index contributed by atoms with van der Waals surface area (Å²) in [6.07, 6.45) is 2.09. The third kappa shape index (κ3) is 6.91. The molecular formula is C27H32N2O6S. The van der Waals surface area contributed by atoms with Crippen molar-refractivity contribution >= 4 is 21.6 Å². The Labute approximate surface area is 212 Å².